The molecule has 0 spiro atoms. The van der Waals surface area contributed by atoms with Gasteiger partial charge in [0.15, 0.2) is 0 Å². The Labute approximate surface area is 133 Å². The van der Waals surface area contributed by atoms with Crippen LogP contribution in [0.5, 0.6) is 0 Å². The maximum atomic E-state index is 12.7. The van der Waals surface area contributed by atoms with Gasteiger partial charge in [-0.15, -0.1) is 0 Å². The van der Waals surface area contributed by atoms with Crippen LogP contribution in [0.25, 0.3) is 0 Å². The Kier molecular flexibility index (Phi) is 5.24. The van der Waals surface area contributed by atoms with E-state index >= 15 is 0 Å². The van der Waals surface area contributed by atoms with Gasteiger partial charge in [0.1, 0.15) is 0 Å². The average molecular weight is 324 g/mol. The second kappa shape index (κ2) is 6.79. The van der Waals surface area contributed by atoms with E-state index in [-0.39, 0.29) is 18.4 Å². The molecular formula is C16H24N2O3S. The zero-order chi connectivity index (χ0) is 16.3. The van der Waals surface area contributed by atoms with E-state index < -0.39 is 10.0 Å². The fourth-order valence-corrected chi connectivity index (χ4v) is 4.30. The molecule has 1 saturated heterocycles. The van der Waals surface area contributed by atoms with Gasteiger partial charge in [0.25, 0.3) is 0 Å². The Bertz CT molecular complexity index is 623. The van der Waals surface area contributed by atoms with E-state index in [1.165, 1.54) is 9.21 Å². The molecule has 1 aromatic carbocycles. The quantitative estimate of drug-likeness (QED) is 0.847. The Morgan fingerprint density at radius 3 is 2.45 bits per heavy atom. The van der Waals surface area contributed by atoms with Gasteiger partial charge >= 0.3 is 0 Å². The molecule has 0 aromatic heterocycles. The van der Waals surface area contributed by atoms with Crippen molar-refractivity contribution in [2.45, 2.75) is 31.1 Å². The normalized spacial score (nSPS) is 19.9. The maximum Gasteiger partial charge on any atom is 0.243 e. The lowest BCUT2D eigenvalue weighted by Crippen LogP contribution is -2.45. The predicted octanol–water partition coefficient (Wildman–Crippen LogP) is 1.74. The molecule has 1 fully saturated rings. The number of nitrogens with zero attached hydrogens (tertiary/aromatic N) is 2. The molecule has 22 heavy (non-hydrogen) atoms. The molecule has 2 rings (SSSR count). The highest BCUT2D eigenvalue weighted by atomic mass is 32.2. The summed E-state index contributed by atoms with van der Waals surface area (Å²) in [6.07, 6.45) is 2.35. The zero-order valence-electron chi connectivity index (χ0n) is 13.4. The topological polar surface area (TPSA) is 57.7 Å². The SMILES string of the molecule is CCc1ccc(S(=O)(=O)N2CCCC(C(=O)N(C)C)C2)cc1. The average Bonchev–Trinajstić information content (AvgIpc) is 2.54. The van der Waals surface area contributed by atoms with Crippen molar-refractivity contribution in [3.8, 4) is 0 Å². The maximum absolute atomic E-state index is 12.7. The predicted molar refractivity (Wildman–Crippen MR) is 86.0 cm³/mol. The highest BCUT2D eigenvalue weighted by Gasteiger charge is 2.33. The molecule has 1 amide bonds. The number of amides is 1. The van der Waals surface area contributed by atoms with Gasteiger partial charge in [0, 0.05) is 27.2 Å². The second-order valence-electron chi connectivity index (χ2n) is 5.93. The van der Waals surface area contributed by atoms with Crippen molar-refractivity contribution in [3.05, 3.63) is 29.8 Å². The lowest BCUT2D eigenvalue weighted by molar-refractivity contribution is -0.134. The van der Waals surface area contributed by atoms with Crippen LogP contribution in [-0.2, 0) is 21.2 Å². The minimum atomic E-state index is -3.52. The van der Waals surface area contributed by atoms with Crippen LogP contribution in [0.3, 0.4) is 0 Å². The molecule has 0 saturated carbocycles. The van der Waals surface area contributed by atoms with E-state index in [0.29, 0.717) is 11.4 Å². The van der Waals surface area contributed by atoms with E-state index in [1.54, 1.807) is 26.2 Å². The van der Waals surface area contributed by atoms with Gasteiger partial charge in [-0.05, 0) is 37.0 Å². The van der Waals surface area contributed by atoms with Gasteiger partial charge in [-0.3, -0.25) is 4.79 Å². The van der Waals surface area contributed by atoms with Gasteiger partial charge < -0.3 is 4.90 Å². The van der Waals surface area contributed by atoms with Crippen molar-refractivity contribution in [2.24, 2.45) is 5.92 Å². The monoisotopic (exact) mass is 324 g/mol. The van der Waals surface area contributed by atoms with Crippen LogP contribution in [0.4, 0.5) is 0 Å². The largest absolute Gasteiger partial charge is 0.349 e. The van der Waals surface area contributed by atoms with E-state index in [2.05, 4.69) is 0 Å². The highest BCUT2D eigenvalue weighted by molar-refractivity contribution is 7.89. The third kappa shape index (κ3) is 3.50. The van der Waals surface area contributed by atoms with Crippen LogP contribution < -0.4 is 0 Å². The van der Waals surface area contributed by atoms with Crippen molar-refractivity contribution >= 4 is 15.9 Å². The van der Waals surface area contributed by atoms with Gasteiger partial charge in [0.05, 0.1) is 10.8 Å². The van der Waals surface area contributed by atoms with Crippen LogP contribution in [0.1, 0.15) is 25.3 Å². The molecule has 1 heterocycles. The van der Waals surface area contributed by atoms with Gasteiger partial charge in [0.2, 0.25) is 15.9 Å². The first kappa shape index (κ1) is 17.0. The molecule has 1 atom stereocenters. The van der Waals surface area contributed by atoms with Crippen LogP contribution in [0.2, 0.25) is 0 Å². The first-order valence-corrected chi connectivity index (χ1v) is 9.10. The van der Waals surface area contributed by atoms with Crippen molar-refractivity contribution in [3.63, 3.8) is 0 Å². The fraction of sp³-hybridized carbons (Fsp3) is 0.562. The minimum Gasteiger partial charge on any atom is -0.349 e. The summed E-state index contributed by atoms with van der Waals surface area (Å²) in [6, 6.07) is 7.01. The summed E-state index contributed by atoms with van der Waals surface area (Å²) in [7, 11) is -0.101. The highest BCUT2D eigenvalue weighted by Crippen LogP contribution is 2.25. The Balaban J connectivity index is 2.19. The number of rotatable bonds is 4. The molecule has 0 bridgehead atoms. The van der Waals surface area contributed by atoms with E-state index in [9.17, 15) is 13.2 Å². The minimum absolute atomic E-state index is 0.00114. The van der Waals surface area contributed by atoms with Gasteiger partial charge in [-0.1, -0.05) is 19.1 Å². The van der Waals surface area contributed by atoms with E-state index in [4.69, 9.17) is 0 Å². The third-order valence-corrected chi connectivity index (χ3v) is 6.02. The molecule has 0 N–H and O–H groups in total. The molecule has 6 heteroatoms. The first-order chi connectivity index (χ1) is 10.4. The number of carbonyl (C=O) groups is 1. The Hall–Kier alpha value is -1.40. The summed E-state index contributed by atoms with van der Waals surface area (Å²) in [6.45, 7) is 2.79. The van der Waals surface area contributed by atoms with Crippen molar-refractivity contribution in [2.75, 3.05) is 27.2 Å². The Morgan fingerprint density at radius 2 is 1.91 bits per heavy atom. The molecule has 1 aliphatic heterocycles. The molecule has 1 aromatic rings. The molecule has 122 valence electrons. The van der Waals surface area contributed by atoms with Crippen molar-refractivity contribution in [1.82, 2.24) is 9.21 Å². The van der Waals surface area contributed by atoms with Crippen molar-refractivity contribution < 1.29 is 13.2 Å². The first-order valence-electron chi connectivity index (χ1n) is 7.66. The van der Waals surface area contributed by atoms with Gasteiger partial charge in [-0.2, -0.15) is 4.31 Å². The number of aryl methyl sites for hydroxylation is 1. The number of piperidine rings is 1. The summed E-state index contributed by atoms with van der Waals surface area (Å²) in [5, 5.41) is 0. The third-order valence-electron chi connectivity index (χ3n) is 4.14. The molecule has 5 nitrogen and oxygen atoms in total. The van der Waals surface area contributed by atoms with E-state index in [0.717, 1.165) is 24.8 Å². The van der Waals surface area contributed by atoms with Crippen LogP contribution >= 0.6 is 0 Å². The second-order valence-corrected chi connectivity index (χ2v) is 7.87. The van der Waals surface area contributed by atoms with Crippen LogP contribution in [-0.4, -0.2) is 50.7 Å². The summed E-state index contributed by atoms with van der Waals surface area (Å²) in [4.78, 5) is 13.9. The molecule has 1 unspecified atom stereocenters. The Morgan fingerprint density at radius 1 is 1.27 bits per heavy atom. The lowest BCUT2D eigenvalue weighted by atomic mass is 9.98. The van der Waals surface area contributed by atoms with Crippen LogP contribution in [0, 0.1) is 5.92 Å². The summed E-state index contributed by atoms with van der Waals surface area (Å²) >= 11 is 0. The number of sulfonamides is 1. The van der Waals surface area contributed by atoms with Crippen molar-refractivity contribution in [1.29, 1.82) is 0 Å². The van der Waals surface area contributed by atoms with E-state index in [1.807, 2.05) is 19.1 Å². The fourth-order valence-electron chi connectivity index (χ4n) is 2.77. The molecule has 0 radical (unpaired) electrons. The standard InChI is InChI=1S/C16H24N2O3S/c1-4-13-7-9-15(10-8-13)22(20,21)18-11-5-6-14(12-18)16(19)17(2)3/h7-10,14H,4-6,11-12H2,1-3H3. The number of benzene rings is 1. The number of hydrogen-bond donors (Lipinski definition) is 0. The molecular weight excluding hydrogens is 300 g/mol. The summed E-state index contributed by atoms with van der Waals surface area (Å²) < 4.78 is 26.9. The molecule has 1 aliphatic rings. The number of hydrogen-bond acceptors (Lipinski definition) is 3. The molecule has 0 aliphatic carbocycles. The smallest absolute Gasteiger partial charge is 0.243 e. The lowest BCUT2D eigenvalue weighted by Gasteiger charge is -2.32. The van der Waals surface area contributed by atoms with Gasteiger partial charge in [-0.25, -0.2) is 8.42 Å². The number of carbonyl (C=O) groups excluding carboxylic acids is 1. The van der Waals surface area contributed by atoms with Crippen LogP contribution in [0.15, 0.2) is 29.2 Å². The summed E-state index contributed by atoms with van der Waals surface area (Å²) in [5.74, 6) is -0.241. The zero-order valence-corrected chi connectivity index (χ0v) is 14.3. The summed E-state index contributed by atoms with van der Waals surface area (Å²) in [5.41, 5.74) is 1.11.